The molecular weight excluding hydrogens is 332 g/mol. The van der Waals surface area contributed by atoms with Gasteiger partial charge < -0.3 is 10.2 Å². The fourth-order valence-electron chi connectivity index (χ4n) is 2.84. The van der Waals surface area contributed by atoms with Crippen molar-refractivity contribution in [3.05, 3.63) is 60.2 Å². The predicted octanol–water partition coefficient (Wildman–Crippen LogP) is 3.93. The Labute approximate surface area is 152 Å². The van der Waals surface area contributed by atoms with Gasteiger partial charge in [-0.25, -0.2) is 0 Å². The summed E-state index contributed by atoms with van der Waals surface area (Å²) >= 11 is 1.47. The van der Waals surface area contributed by atoms with E-state index in [9.17, 15) is 9.59 Å². The largest absolute Gasteiger partial charge is 0.336 e. The quantitative estimate of drug-likeness (QED) is 0.885. The smallest absolute Gasteiger partial charge is 0.238 e. The lowest BCUT2D eigenvalue weighted by Crippen LogP contribution is -2.40. The first kappa shape index (κ1) is 17.5. The number of para-hydroxylation sites is 1. The number of anilines is 1. The molecule has 1 N–H and O–H groups in total. The highest BCUT2D eigenvalue weighted by Gasteiger charge is 2.31. The minimum atomic E-state index is -0.389. The molecule has 4 nitrogen and oxygen atoms in total. The summed E-state index contributed by atoms with van der Waals surface area (Å²) in [6.07, 6.45) is 0.204. The van der Waals surface area contributed by atoms with Gasteiger partial charge in [-0.05, 0) is 31.5 Å². The third-order valence-corrected chi connectivity index (χ3v) is 5.48. The van der Waals surface area contributed by atoms with Gasteiger partial charge in [0.05, 0.1) is 10.9 Å². The van der Waals surface area contributed by atoms with Crippen LogP contribution in [0.5, 0.6) is 0 Å². The van der Waals surface area contributed by atoms with Gasteiger partial charge in [0, 0.05) is 23.9 Å². The zero-order valence-corrected chi connectivity index (χ0v) is 15.3. The van der Waals surface area contributed by atoms with Crippen molar-refractivity contribution in [1.29, 1.82) is 0 Å². The van der Waals surface area contributed by atoms with Crippen LogP contribution in [0.1, 0.15) is 25.8 Å². The van der Waals surface area contributed by atoms with Crippen LogP contribution in [-0.2, 0) is 16.1 Å². The molecule has 1 atom stereocenters. The van der Waals surface area contributed by atoms with E-state index in [1.807, 2.05) is 73.3 Å². The van der Waals surface area contributed by atoms with Gasteiger partial charge in [0.25, 0.3) is 0 Å². The van der Waals surface area contributed by atoms with E-state index in [2.05, 4.69) is 5.32 Å². The molecule has 1 aliphatic heterocycles. The number of hydrogen-bond acceptors (Lipinski definition) is 3. The van der Waals surface area contributed by atoms with Crippen LogP contribution in [0.25, 0.3) is 0 Å². The summed E-state index contributed by atoms with van der Waals surface area (Å²) < 4.78 is 0. The van der Waals surface area contributed by atoms with Crippen LogP contribution in [0.4, 0.5) is 5.69 Å². The first-order chi connectivity index (χ1) is 12.0. The molecule has 0 aromatic heterocycles. The summed E-state index contributed by atoms with van der Waals surface area (Å²) in [5.74, 6) is -0.0913. The van der Waals surface area contributed by atoms with Crippen molar-refractivity contribution >= 4 is 29.3 Å². The van der Waals surface area contributed by atoms with Crippen LogP contribution in [0.15, 0.2) is 59.5 Å². The molecule has 3 rings (SSSR count). The van der Waals surface area contributed by atoms with E-state index in [0.29, 0.717) is 6.54 Å². The molecule has 0 aliphatic carbocycles. The molecule has 0 saturated carbocycles. The van der Waals surface area contributed by atoms with Crippen molar-refractivity contribution in [3.8, 4) is 0 Å². The molecule has 130 valence electrons. The number of hydrogen-bond donors (Lipinski definition) is 1. The Kier molecular flexibility index (Phi) is 5.43. The Morgan fingerprint density at radius 3 is 2.52 bits per heavy atom. The molecular formula is C20H22N2O2S. The molecule has 0 fully saturated rings. The number of rotatable bonds is 5. The molecule has 5 heteroatoms. The van der Waals surface area contributed by atoms with Crippen molar-refractivity contribution in [2.45, 2.75) is 43.0 Å². The Bertz CT molecular complexity index is 761. The highest BCUT2D eigenvalue weighted by atomic mass is 32.2. The lowest BCUT2D eigenvalue weighted by atomic mass is 10.1. The van der Waals surface area contributed by atoms with Crippen molar-refractivity contribution < 1.29 is 9.59 Å². The van der Waals surface area contributed by atoms with Gasteiger partial charge in [-0.1, -0.05) is 42.5 Å². The Hall–Kier alpha value is -2.27. The second-order valence-electron chi connectivity index (χ2n) is 6.40. The van der Waals surface area contributed by atoms with Crippen LogP contribution in [0.3, 0.4) is 0 Å². The standard InChI is InChI=1S/C20H22N2O2S/c1-14(2)22(13-15-8-4-3-5-9-15)19(23)12-18-20(24)21-16-10-6-7-11-17(16)25-18/h3-11,14,18H,12-13H2,1-2H3,(H,21,24)/t18-/m0/s1. The molecule has 2 amide bonds. The number of carbonyl (C=O) groups excluding carboxylic acids is 2. The molecule has 0 spiro atoms. The van der Waals surface area contributed by atoms with E-state index in [-0.39, 0.29) is 29.5 Å². The Balaban J connectivity index is 1.70. The summed E-state index contributed by atoms with van der Waals surface area (Å²) in [5, 5.41) is 2.51. The molecule has 2 aromatic carbocycles. The average Bonchev–Trinajstić information content (AvgIpc) is 2.61. The van der Waals surface area contributed by atoms with Crippen LogP contribution in [0, 0.1) is 0 Å². The van der Waals surface area contributed by atoms with Crippen LogP contribution in [-0.4, -0.2) is 28.0 Å². The van der Waals surface area contributed by atoms with Gasteiger partial charge >= 0.3 is 0 Å². The highest BCUT2D eigenvalue weighted by molar-refractivity contribution is 8.01. The first-order valence-corrected chi connectivity index (χ1v) is 9.32. The topological polar surface area (TPSA) is 49.4 Å². The van der Waals surface area contributed by atoms with Crippen molar-refractivity contribution in [3.63, 3.8) is 0 Å². The zero-order valence-electron chi connectivity index (χ0n) is 14.4. The van der Waals surface area contributed by atoms with Crippen LogP contribution < -0.4 is 5.32 Å². The maximum absolute atomic E-state index is 12.8. The second kappa shape index (κ2) is 7.74. The average molecular weight is 354 g/mol. The monoisotopic (exact) mass is 354 g/mol. The van der Waals surface area contributed by atoms with E-state index in [0.717, 1.165) is 16.1 Å². The first-order valence-electron chi connectivity index (χ1n) is 8.44. The third-order valence-electron chi connectivity index (χ3n) is 4.21. The molecule has 0 saturated heterocycles. The summed E-state index contributed by atoms with van der Waals surface area (Å²) in [6.45, 7) is 4.57. The molecule has 1 heterocycles. The van der Waals surface area contributed by atoms with E-state index in [1.165, 1.54) is 11.8 Å². The summed E-state index contributed by atoms with van der Waals surface area (Å²) in [5.41, 5.74) is 1.92. The maximum atomic E-state index is 12.8. The number of nitrogens with zero attached hydrogens (tertiary/aromatic N) is 1. The van der Waals surface area contributed by atoms with Crippen molar-refractivity contribution in [1.82, 2.24) is 4.90 Å². The number of fused-ring (bicyclic) bond motifs is 1. The Morgan fingerprint density at radius 2 is 1.80 bits per heavy atom. The second-order valence-corrected chi connectivity index (χ2v) is 7.64. The molecule has 0 radical (unpaired) electrons. The normalized spacial score (nSPS) is 16.3. The fraction of sp³-hybridized carbons (Fsp3) is 0.300. The predicted molar refractivity (Wildman–Crippen MR) is 101 cm³/mol. The van der Waals surface area contributed by atoms with E-state index in [1.54, 1.807) is 0 Å². The lowest BCUT2D eigenvalue weighted by molar-refractivity contribution is -0.134. The minimum absolute atomic E-state index is 0.00545. The molecule has 0 unspecified atom stereocenters. The summed E-state index contributed by atoms with van der Waals surface area (Å²) in [6, 6.07) is 17.7. The lowest BCUT2D eigenvalue weighted by Gasteiger charge is -2.30. The third kappa shape index (κ3) is 4.23. The van der Waals surface area contributed by atoms with Crippen LogP contribution >= 0.6 is 11.8 Å². The molecule has 1 aliphatic rings. The minimum Gasteiger partial charge on any atom is -0.336 e. The SMILES string of the molecule is CC(C)N(Cc1ccccc1)C(=O)C[C@@H]1Sc2ccccc2NC1=O. The fourth-order valence-corrected chi connectivity index (χ4v) is 3.94. The maximum Gasteiger partial charge on any atom is 0.238 e. The summed E-state index contributed by atoms with van der Waals surface area (Å²) in [7, 11) is 0. The van der Waals surface area contributed by atoms with E-state index >= 15 is 0 Å². The van der Waals surface area contributed by atoms with Gasteiger partial charge in [-0.15, -0.1) is 11.8 Å². The molecule has 0 bridgehead atoms. The van der Waals surface area contributed by atoms with E-state index in [4.69, 9.17) is 0 Å². The Morgan fingerprint density at radius 1 is 1.12 bits per heavy atom. The number of nitrogens with one attached hydrogen (secondary N) is 1. The van der Waals surface area contributed by atoms with Gasteiger partial charge in [-0.3, -0.25) is 9.59 Å². The summed E-state index contributed by atoms with van der Waals surface area (Å²) in [4.78, 5) is 28.0. The van der Waals surface area contributed by atoms with Gasteiger partial charge in [0.1, 0.15) is 0 Å². The van der Waals surface area contributed by atoms with Crippen LogP contribution in [0.2, 0.25) is 0 Å². The molecule has 25 heavy (non-hydrogen) atoms. The van der Waals surface area contributed by atoms with Gasteiger partial charge in [-0.2, -0.15) is 0 Å². The van der Waals surface area contributed by atoms with Crippen molar-refractivity contribution in [2.24, 2.45) is 0 Å². The number of thioether (sulfide) groups is 1. The van der Waals surface area contributed by atoms with Crippen molar-refractivity contribution in [2.75, 3.05) is 5.32 Å². The van der Waals surface area contributed by atoms with E-state index < -0.39 is 0 Å². The number of benzene rings is 2. The zero-order chi connectivity index (χ0) is 17.8. The number of amides is 2. The highest BCUT2D eigenvalue weighted by Crippen LogP contribution is 2.36. The number of carbonyl (C=O) groups is 2. The van der Waals surface area contributed by atoms with Gasteiger partial charge in [0.15, 0.2) is 0 Å². The molecule has 2 aromatic rings. The van der Waals surface area contributed by atoms with Gasteiger partial charge in [0.2, 0.25) is 11.8 Å².